The molecule has 2 heteroatoms. The molecule has 0 bridgehead atoms. The van der Waals surface area contributed by atoms with E-state index in [-0.39, 0.29) is 12.2 Å². The van der Waals surface area contributed by atoms with Crippen molar-refractivity contribution < 1.29 is 4.74 Å². The topological polar surface area (TPSA) is 25.0 Å². The van der Waals surface area contributed by atoms with Crippen molar-refractivity contribution in [1.29, 1.82) is 0 Å². The van der Waals surface area contributed by atoms with E-state index in [0.717, 1.165) is 11.9 Å². The van der Waals surface area contributed by atoms with Crippen LogP contribution in [0.1, 0.15) is 40.0 Å². The number of fused-ring (bicyclic) bond motifs is 2. The van der Waals surface area contributed by atoms with Gasteiger partial charge in [-0.05, 0) is 29.7 Å². The summed E-state index contributed by atoms with van der Waals surface area (Å²) in [6.45, 7) is 2.12. The first-order valence-electron chi connectivity index (χ1n) is 9.15. The molecule has 2 atom stereocenters. The van der Waals surface area contributed by atoms with E-state index in [1.165, 1.54) is 33.2 Å². The Kier molecular flexibility index (Phi) is 3.65. The Morgan fingerprint density at radius 3 is 2.50 bits per heavy atom. The Labute approximate surface area is 153 Å². The molecular formula is C24H21NO. The van der Waals surface area contributed by atoms with Gasteiger partial charge in [-0.25, -0.2) is 0 Å². The van der Waals surface area contributed by atoms with Crippen LogP contribution in [0.25, 0.3) is 10.9 Å². The van der Waals surface area contributed by atoms with Gasteiger partial charge in [-0.3, -0.25) is 0 Å². The second-order valence-corrected chi connectivity index (χ2v) is 7.11. The summed E-state index contributed by atoms with van der Waals surface area (Å²) >= 11 is 0. The molecular weight excluding hydrogens is 318 g/mol. The van der Waals surface area contributed by atoms with Crippen LogP contribution in [0.4, 0.5) is 0 Å². The average molecular weight is 339 g/mol. The van der Waals surface area contributed by atoms with E-state index in [9.17, 15) is 0 Å². The van der Waals surface area contributed by atoms with Gasteiger partial charge in [0, 0.05) is 29.1 Å². The Hall–Kier alpha value is -2.84. The van der Waals surface area contributed by atoms with Crippen LogP contribution in [-0.4, -0.2) is 4.98 Å². The maximum Gasteiger partial charge on any atom is 0.111 e. The molecule has 1 aromatic heterocycles. The van der Waals surface area contributed by atoms with Crippen LogP contribution in [0.3, 0.4) is 0 Å². The average Bonchev–Trinajstić information content (AvgIpc) is 3.12. The van der Waals surface area contributed by atoms with Gasteiger partial charge in [0.2, 0.25) is 0 Å². The molecule has 128 valence electrons. The predicted octanol–water partition coefficient (Wildman–Crippen LogP) is 5.88. The highest BCUT2D eigenvalue weighted by molar-refractivity contribution is 5.84. The quantitative estimate of drug-likeness (QED) is 0.485. The largest absolute Gasteiger partial charge is 0.361 e. The third-order valence-corrected chi connectivity index (χ3v) is 5.40. The highest BCUT2D eigenvalue weighted by atomic mass is 16.5. The summed E-state index contributed by atoms with van der Waals surface area (Å²) in [5.41, 5.74) is 7.54. The third-order valence-electron chi connectivity index (χ3n) is 5.40. The van der Waals surface area contributed by atoms with Gasteiger partial charge in [0.25, 0.3) is 0 Å². The third kappa shape index (κ3) is 2.54. The molecule has 5 rings (SSSR count). The molecule has 4 aromatic rings. The molecule has 26 heavy (non-hydrogen) atoms. The Morgan fingerprint density at radius 1 is 0.846 bits per heavy atom. The van der Waals surface area contributed by atoms with Crippen molar-refractivity contribution in [2.24, 2.45) is 0 Å². The van der Waals surface area contributed by atoms with E-state index < -0.39 is 0 Å². The van der Waals surface area contributed by atoms with Crippen LogP contribution < -0.4 is 0 Å². The first kappa shape index (κ1) is 15.4. The number of aromatic nitrogens is 1. The highest BCUT2D eigenvalue weighted by Crippen LogP contribution is 2.42. The van der Waals surface area contributed by atoms with Gasteiger partial charge in [-0.2, -0.15) is 0 Å². The highest BCUT2D eigenvalue weighted by Gasteiger charge is 2.30. The lowest BCUT2D eigenvalue weighted by molar-refractivity contribution is -0.00476. The monoisotopic (exact) mass is 339 g/mol. The summed E-state index contributed by atoms with van der Waals surface area (Å²) in [7, 11) is 0. The normalized spacial score (nSPS) is 19.4. The first-order chi connectivity index (χ1) is 12.8. The zero-order chi connectivity index (χ0) is 17.5. The minimum atomic E-state index is -0.0533. The van der Waals surface area contributed by atoms with Gasteiger partial charge in [-0.1, -0.05) is 72.3 Å². The Balaban J connectivity index is 1.62. The zero-order valence-corrected chi connectivity index (χ0v) is 14.8. The number of H-pyrrole nitrogens is 1. The fourth-order valence-electron chi connectivity index (χ4n) is 3.99. The smallest absolute Gasteiger partial charge is 0.111 e. The van der Waals surface area contributed by atoms with Gasteiger partial charge < -0.3 is 9.72 Å². The van der Waals surface area contributed by atoms with Crippen molar-refractivity contribution in [1.82, 2.24) is 4.98 Å². The van der Waals surface area contributed by atoms with Crippen LogP contribution in [0.15, 0.2) is 79.0 Å². The maximum atomic E-state index is 6.67. The number of nitrogens with one attached hydrogen (secondary N) is 1. The summed E-state index contributed by atoms with van der Waals surface area (Å²) in [4.78, 5) is 3.40. The summed E-state index contributed by atoms with van der Waals surface area (Å²) in [6.07, 6.45) is 3.04. The van der Waals surface area contributed by atoms with Gasteiger partial charge in [-0.15, -0.1) is 0 Å². The fourth-order valence-corrected chi connectivity index (χ4v) is 3.99. The molecule has 0 radical (unpaired) electrons. The summed E-state index contributed by atoms with van der Waals surface area (Å²) in [5, 5.41) is 1.23. The molecule has 1 aliphatic heterocycles. The summed E-state index contributed by atoms with van der Waals surface area (Å²) < 4.78 is 6.67. The van der Waals surface area contributed by atoms with E-state index >= 15 is 0 Å². The first-order valence-corrected chi connectivity index (χ1v) is 9.15. The second kappa shape index (κ2) is 6.15. The van der Waals surface area contributed by atoms with Crippen molar-refractivity contribution >= 4 is 10.9 Å². The standard InChI is InChI=1S/C24H21NO/c1-16-10-12-17(13-11-16)23-14-18-6-2-3-7-19(18)24(26-23)21-15-25-22-9-5-4-8-20(21)22/h2-13,15,23-25H,14H2,1H3. The van der Waals surface area contributed by atoms with Crippen molar-refractivity contribution in [3.63, 3.8) is 0 Å². The van der Waals surface area contributed by atoms with Gasteiger partial charge in [0.15, 0.2) is 0 Å². The molecule has 0 amide bonds. The summed E-state index contributed by atoms with van der Waals surface area (Å²) in [5.74, 6) is 0. The van der Waals surface area contributed by atoms with Crippen LogP contribution in [0.2, 0.25) is 0 Å². The van der Waals surface area contributed by atoms with Crippen molar-refractivity contribution in [3.8, 4) is 0 Å². The van der Waals surface area contributed by atoms with Crippen LogP contribution >= 0.6 is 0 Å². The van der Waals surface area contributed by atoms with E-state index in [2.05, 4.69) is 90.9 Å². The molecule has 1 N–H and O–H groups in total. The lowest BCUT2D eigenvalue weighted by Crippen LogP contribution is -2.21. The lowest BCUT2D eigenvalue weighted by atomic mass is 9.88. The molecule has 0 saturated carbocycles. The maximum absolute atomic E-state index is 6.67. The molecule has 0 fully saturated rings. The van der Waals surface area contributed by atoms with E-state index in [1.54, 1.807) is 0 Å². The van der Waals surface area contributed by atoms with Gasteiger partial charge >= 0.3 is 0 Å². The summed E-state index contributed by atoms with van der Waals surface area (Å²) in [6, 6.07) is 25.8. The number of para-hydroxylation sites is 1. The number of rotatable bonds is 2. The van der Waals surface area contributed by atoms with Crippen molar-refractivity contribution in [2.45, 2.75) is 25.6 Å². The number of hydrogen-bond donors (Lipinski definition) is 1. The zero-order valence-electron chi connectivity index (χ0n) is 14.8. The van der Waals surface area contributed by atoms with E-state index in [0.29, 0.717) is 0 Å². The number of aromatic amines is 1. The Morgan fingerprint density at radius 2 is 1.62 bits per heavy atom. The van der Waals surface area contributed by atoms with Crippen LogP contribution in [0.5, 0.6) is 0 Å². The molecule has 2 nitrogen and oxygen atoms in total. The van der Waals surface area contributed by atoms with E-state index in [1.807, 2.05) is 0 Å². The predicted molar refractivity (Wildman–Crippen MR) is 105 cm³/mol. The number of aryl methyl sites for hydroxylation is 1. The van der Waals surface area contributed by atoms with Crippen molar-refractivity contribution in [2.75, 3.05) is 0 Å². The fraction of sp³-hybridized carbons (Fsp3) is 0.167. The Bertz CT molecular complexity index is 1060. The molecule has 3 aromatic carbocycles. The number of benzene rings is 3. The SMILES string of the molecule is Cc1ccc(C2Cc3ccccc3C(c3c[nH]c4ccccc34)O2)cc1. The minimum absolute atomic E-state index is 0.0533. The lowest BCUT2D eigenvalue weighted by Gasteiger charge is -2.32. The van der Waals surface area contributed by atoms with Crippen LogP contribution in [0, 0.1) is 6.92 Å². The number of ether oxygens (including phenoxy) is 1. The second-order valence-electron chi connectivity index (χ2n) is 7.11. The molecule has 0 saturated heterocycles. The molecule has 0 aliphatic carbocycles. The molecule has 0 spiro atoms. The van der Waals surface area contributed by atoms with E-state index in [4.69, 9.17) is 4.74 Å². The number of hydrogen-bond acceptors (Lipinski definition) is 1. The molecule has 2 unspecified atom stereocenters. The molecule has 2 heterocycles. The van der Waals surface area contributed by atoms with Crippen molar-refractivity contribution in [3.05, 3.63) is 107 Å². The molecule has 1 aliphatic rings. The van der Waals surface area contributed by atoms with Crippen LogP contribution in [-0.2, 0) is 11.2 Å². The van der Waals surface area contributed by atoms with Gasteiger partial charge in [0.05, 0.1) is 6.10 Å². The van der Waals surface area contributed by atoms with Gasteiger partial charge in [0.1, 0.15) is 6.10 Å². The minimum Gasteiger partial charge on any atom is -0.361 e.